The summed E-state index contributed by atoms with van der Waals surface area (Å²) in [6.07, 6.45) is 1.55. The number of anilines is 2. The Morgan fingerprint density at radius 1 is 1.53 bits per heavy atom. The number of nitrogens with one attached hydrogen (secondary N) is 1. The number of rotatable bonds is 4. The van der Waals surface area contributed by atoms with Crippen LogP contribution in [0.15, 0.2) is 16.9 Å². The molecule has 0 aliphatic heterocycles. The maximum absolute atomic E-state index is 5.99. The minimum atomic E-state index is 0.255. The Bertz CT molecular complexity index is 486. The Hall–Kier alpha value is -1.98. The smallest absolute Gasteiger partial charge is 0.148 e. The largest absolute Gasteiger partial charge is 0.394 e. The Morgan fingerprint density at radius 2 is 2.29 bits per heavy atom. The molecular formula is C11H17N5O. The summed E-state index contributed by atoms with van der Waals surface area (Å²) < 4.78 is 6.65. The van der Waals surface area contributed by atoms with Crippen LogP contribution in [0.25, 0.3) is 0 Å². The van der Waals surface area contributed by atoms with Gasteiger partial charge in [-0.05, 0) is 20.8 Å². The van der Waals surface area contributed by atoms with Crippen molar-refractivity contribution in [1.29, 1.82) is 0 Å². The van der Waals surface area contributed by atoms with Crippen molar-refractivity contribution in [1.82, 2.24) is 14.9 Å². The van der Waals surface area contributed by atoms with Gasteiger partial charge in [-0.3, -0.25) is 0 Å². The highest BCUT2D eigenvalue weighted by Crippen LogP contribution is 2.25. The fraction of sp³-hybridized carbons (Fsp3) is 0.455. The van der Waals surface area contributed by atoms with Gasteiger partial charge in [-0.15, -0.1) is 0 Å². The molecule has 0 fully saturated rings. The van der Waals surface area contributed by atoms with Crippen molar-refractivity contribution in [2.45, 2.75) is 33.4 Å². The first kappa shape index (κ1) is 11.5. The van der Waals surface area contributed by atoms with E-state index in [4.69, 9.17) is 10.3 Å². The highest BCUT2D eigenvalue weighted by atomic mass is 16.5. The van der Waals surface area contributed by atoms with Crippen molar-refractivity contribution in [2.24, 2.45) is 0 Å². The van der Waals surface area contributed by atoms with Gasteiger partial charge in [0.25, 0.3) is 0 Å². The van der Waals surface area contributed by atoms with E-state index in [1.165, 1.54) is 0 Å². The number of hydrogen-bond acceptors (Lipinski definition) is 5. The third-order valence-electron chi connectivity index (χ3n) is 2.55. The lowest BCUT2D eigenvalue weighted by atomic mass is 10.3. The fourth-order valence-electron chi connectivity index (χ4n) is 1.61. The molecule has 6 heteroatoms. The molecule has 6 nitrogen and oxygen atoms in total. The minimum absolute atomic E-state index is 0.255. The van der Waals surface area contributed by atoms with Crippen molar-refractivity contribution in [3.8, 4) is 0 Å². The van der Waals surface area contributed by atoms with Crippen molar-refractivity contribution in [3.63, 3.8) is 0 Å². The maximum Gasteiger partial charge on any atom is 0.148 e. The first-order chi connectivity index (χ1) is 8.09. The summed E-state index contributed by atoms with van der Waals surface area (Å²) in [5, 5.41) is 11.5. The van der Waals surface area contributed by atoms with Crippen LogP contribution in [0, 0.1) is 6.92 Å². The summed E-state index contributed by atoms with van der Waals surface area (Å²) in [5.74, 6) is 0.834. The van der Waals surface area contributed by atoms with Gasteiger partial charge in [0, 0.05) is 12.1 Å². The second-order valence-corrected chi connectivity index (χ2v) is 4.23. The molecule has 3 N–H and O–H groups in total. The van der Waals surface area contributed by atoms with Gasteiger partial charge in [0.15, 0.2) is 0 Å². The van der Waals surface area contributed by atoms with E-state index in [2.05, 4.69) is 29.4 Å². The molecule has 17 heavy (non-hydrogen) atoms. The van der Waals surface area contributed by atoms with E-state index in [0.717, 1.165) is 17.2 Å². The number of aryl methyl sites for hydroxylation is 1. The first-order valence-corrected chi connectivity index (χ1v) is 5.57. The lowest BCUT2D eigenvalue weighted by Gasteiger charge is -2.12. The summed E-state index contributed by atoms with van der Waals surface area (Å²) in [4.78, 5) is 0. The summed E-state index contributed by atoms with van der Waals surface area (Å²) in [7, 11) is 0. The molecule has 0 atom stereocenters. The van der Waals surface area contributed by atoms with Crippen LogP contribution in [0.5, 0.6) is 0 Å². The van der Waals surface area contributed by atoms with Crippen LogP contribution in [0.3, 0.4) is 0 Å². The first-order valence-electron chi connectivity index (χ1n) is 5.57. The molecule has 2 rings (SSSR count). The molecule has 0 aliphatic rings. The van der Waals surface area contributed by atoms with Gasteiger partial charge in [-0.1, -0.05) is 5.16 Å². The monoisotopic (exact) mass is 235 g/mol. The Labute approximate surface area is 99.8 Å². The van der Waals surface area contributed by atoms with Gasteiger partial charge >= 0.3 is 0 Å². The van der Waals surface area contributed by atoms with E-state index in [9.17, 15) is 0 Å². The maximum atomic E-state index is 5.99. The van der Waals surface area contributed by atoms with Gasteiger partial charge in [0.05, 0.1) is 17.9 Å². The van der Waals surface area contributed by atoms with Crippen molar-refractivity contribution >= 4 is 11.5 Å². The van der Waals surface area contributed by atoms with Gasteiger partial charge in [-0.2, -0.15) is 5.10 Å². The molecule has 92 valence electrons. The molecule has 0 bridgehead atoms. The number of nitrogen functional groups attached to an aromatic ring is 1. The van der Waals surface area contributed by atoms with Gasteiger partial charge in [0.1, 0.15) is 17.8 Å². The number of nitrogens with two attached hydrogens (primary N) is 1. The number of hydrogen-bond donors (Lipinski definition) is 2. The summed E-state index contributed by atoms with van der Waals surface area (Å²) in [6, 6.07) is 2.07. The van der Waals surface area contributed by atoms with Crippen LogP contribution in [0.4, 0.5) is 11.5 Å². The highest BCUT2D eigenvalue weighted by Gasteiger charge is 2.14. The summed E-state index contributed by atoms with van der Waals surface area (Å²) in [5.41, 5.74) is 8.34. The van der Waals surface area contributed by atoms with Gasteiger partial charge < -0.3 is 15.6 Å². The van der Waals surface area contributed by atoms with E-state index < -0.39 is 0 Å². The fourth-order valence-corrected chi connectivity index (χ4v) is 1.61. The normalized spacial score (nSPS) is 11.1. The average Bonchev–Trinajstić information content (AvgIpc) is 2.87. The predicted molar refractivity (Wildman–Crippen MR) is 65.6 cm³/mol. The number of nitrogens with zero attached hydrogens (tertiary/aromatic N) is 3. The summed E-state index contributed by atoms with van der Waals surface area (Å²) >= 11 is 0. The Morgan fingerprint density at radius 3 is 2.88 bits per heavy atom. The van der Waals surface area contributed by atoms with Gasteiger partial charge in [0.2, 0.25) is 0 Å². The van der Waals surface area contributed by atoms with E-state index in [1.807, 2.05) is 17.7 Å². The topological polar surface area (TPSA) is 81.9 Å². The van der Waals surface area contributed by atoms with Crippen LogP contribution in [-0.4, -0.2) is 14.9 Å². The van der Waals surface area contributed by atoms with E-state index in [0.29, 0.717) is 12.2 Å². The van der Waals surface area contributed by atoms with Gasteiger partial charge in [-0.25, -0.2) is 4.68 Å². The zero-order valence-electron chi connectivity index (χ0n) is 10.3. The molecule has 0 spiro atoms. The van der Waals surface area contributed by atoms with Crippen LogP contribution in [-0.2, 0) is 6.54 Å². The Balaban J connectivity index is 2.19. The SMILES string of the molecule is Cc1nn(C(C)C)c(NCc2ccon2)c1N. The zero-order valence-corrected chi connectivity index (χ0v) is 10.3. The molecule has 2 heterocycles. The summed E-state index contributed by atoms with van der Waals surface area (Å²) in [6.45, 7) is 6.59. The lowest BCUT2D eigenvalue weighted by molar-refractivity contribution is 0.412. The molecular weight excluding hydrogens is 218 g/mol. The predicted octanol–water partition coefficient (Wildman–Crippen LogP) is 1.95. The van der Waals surface area contributed by atoms with E-state index >= 15 is 0 Å². The molecule has 0 aromatic carbocycles. The number of aromatic nitrogens is 3. The second kappa shape index (κ2) is 4.48. The molecule has 2 aromatic rings. The van der Waals surface area contributed by atoms with Crippen molar-refractivity contribution in [3.05, 3.63) is 23.7 Å². The Kier molecular flexibility index (Phi) is 3.03. The highest BCUT2D eigenvalue weighted by molar-refractivity contribution is 5.64. The average molecular weight is 235 g/mol. The standard InChI is InChI=1S/C11H17N5O/c1-7(2)16-11(10(12)8(3)14-16)13-6-9-4-5-17-15-9/h4-5,7,13H,6,12H2,1-3H3. The minimum Gasteiger partial charge on any atom is -0.394 e. The van der Waals surface area contributed by atoms with E-state index in [-0.39, 0.29) is 6.04 Å². The van der Waals surface area contributed by atoms with Crippen LogP contribution in [0.2, 0.25) is 0 Å². The van der Waals surface area contributed by atoms with Crippen LogP contribution in [0.1, 0.15) is 31.3 Å². The second-order valence-electron chi connectivity index (χ2n) is 4.23. The molecule has 0 unspecified atom stereocenters. The van der Waals surface area contributed by atoms with Crippen LogP contribution >= 0.6 is 0 Å². The molecule has 2 aromatic heterocycles. The van der Waals surface area contributed by atoms with Crippen LogP contribution < -0.4 is 11.1 Å². The molecule has 0 amide bonds. The quantitative estimate of drug-likeness (QED) is 0.846. The molecule has 0 aliphatic carbocycles. The zero-order chi connectivity index (χ0) is 12.4. The molecule has 0 radical (unpaired) electrons. The van der Waals surface area contributed by atoms with Crippen molar-refractivity contribution < 1.29 is 4.52 Å². The molecule has 0 saturated heterocycles. The van der Waals surface area contributed by atoms with Crippen molar-refractivity contribution in [2.75, 3.05) is 11.1 Å². The third kappa shape index (κ3) is 2.25. The molecule has 0 saturated carbocycles. The van der Waals surface area contributed by atoms with E-state index in [1.54, 1.807) is 6.26 Å². The lowest BCUT2D eigenvalue weighted by Crippen LogP contribution is -2.11. The third-order valence-corrected chi connectivity index (χ3v) is 2.55.